The lowest BCUT2D eigenvalue weighted by molar-refractivity contribution is -0.384. The molecule has 0 unspecified atom stereocenters. The number of methoxy groups -OCH3 is 3. The highest BCUT2D eigenvalue weighted by molar-refractivity contribution is 9.10. The summed E-state index contributed by atoms with van der Waals surface area (Å²) >= 11 is 3.34. The van der Waals surface area contributed by atoms with Crippen LogP contribution in [0.25, 0.3) is 6.08 Å². The summed E-state index contributed by atoms with van der Waals surface area (Å²) in [4.78, 5) is 23.1. The Morgan fingerprint density at radius 2 is 1.93 bits per heavy atom. The molecule has 0 bridgehead atoms. The first-order valence-corrected chi connectivity index (χ1v) is 8.81. The molecule has 2 rings (SSSR count). The van der Waals surface area contributed by atoms with Gasteiger partial charge in [-0.15, -0.1) is 0 Å². The van der Waals surface area contributed by atoms with Gasteiger partial charge in [0.2, 0.25) is 0 Å². The summed E-state index contributed by atoms with van der Waals surface area (Å²) in [6.45, 7) is 0. The third kappa shape index (κ3) is 5.03. The van der Waals surface area contributed by atoms with Crippen molar-refractivity contribution >= 4 is 39.3 Å². The number of ether oxygens (including phenoxy) is 3. The lowest BCUT2D eigenvalue weighted by Crippen LogP contribution is -2.14. The summed E-state index contributed by atoms with van der Waals surface area (Å²) in [7, 11) is 4.31. The first-order valence-electron chi connectivity index (χ1n) is 8.01. The second kappa shape index (κ2) is 9.57. The molecule has 0 heterocycles. The van der Waals surface area contributed by atoms with Crippen LogP contribution < -0.4 is 19.5 Å². The molecule has 0 atom stereocenters. The molecule has 0 saturated heterocycles. The van der Waals surface area contributed by atoms with Crippen LogP contribution in [-0.2, 0) is 4.79 Å². The van der Waals surface area contributed by atoms with E-state index in [0.29, 0.717) is 21.5 Å². The normalized spacial score (nSPS) is 10.7. The van der Waals surface area contributed by atoms with Crippen molar-refractivity contribution in [3.8, 4) is 23.3 Å². The third-order valence-corrected chi connectivity index (χ3v) is 4.37. The van der Waals surface area contributed by atoms with Gasteiger partial charge < -0.3 is 19.5 Å². The van der Waals surface area contributed by atoms with Gasteiger partial charge in [0.25, 0.3) is 11.6 Å². The number of nitrogens with one attached hydrogen (secondary N) is 1. The van der Waals surface area contributed by atoms with Crippen LogP contribution in [0, 0.1) is 21.4 Å². The van der Waals surface area contributed by atoms with Gasteiger partial charge in [-0.25, -0.2) is 0 Å². The number of anilines is 1. The minimum absolute atomic E-state index is 0.0598. The zero-order chi connectivity index (χ0) is 21.6. The molecule has 1 N–H and O–H groups in total. The second-order valence-electron chi connectivity index (χ2n) is 5.50. The van der Waals surface area contributed by atoms with Crippen molar-refractivity contribution in [2.24, 2.45) is 0 Å². The second-order valence-corrected chi connectivity index (χ2v) is 6.36. The van der Waals surface area contributed by atoms with Crippen molar-refractivity contribution in [3.63, 3.8) is 0 Å². The molecule has 150 valence electrons. The van der Waals surface area contributed by atoms with Crippen molar-refractivity contribution in [1.29, 1.82) is 5.26 Å². The predicted molar refractivity (Wildman–Crippen MR) is 109 cm³/mol. The van der Waals surface area contributed by atoms with E-state index >= 15 is 0 Å². The highest BCUT2D eigenvalue weighted by Crippen LogP contribution is 2.37. The maximum Gasteiger partial charge on any atom is 0.296 e. The van der Waals surface area contributed by atoms with E-state index in [0.717, 1.165) is 0 Å². The quantitative estimate of drug-likeness (QED) is 0.286. The number of hydrogen-bond acceptors (Lipinski definition) is 7. The number of amides is 1. The van der Waals surface area contributed by atoms with Crippen LogP contribution in [0.2, 0.25) is 0 Å². The summed E-state index contributed by atoms with van der Waals surface area (Å²) in [5.41, 5.74) is -0.181. The fraction of sp³-hybridized carbons (Fsp3) is 0.158. The fourth-order valence-corrected chi connectivity index (χ4v) is 3.04. The zero-order valence-electron chi connectivity index (χ0n) is 15.7. The number of nitrogens with zero attached hydrogens (tertiary/aromatic N) is 2. The standard InChI is InChI=1S/C19H16BrN3O6/c1-27-13-4-5-15(16(9-13)23(25)26)22-19(24)12(10-21)6-11-7-14(20)18(29-3)17(8-11)28-2/h4-9H,1-3H3,(H,22,24)/b12-6+. The maximum atomic E-state index is 12.5. The monoisotopic (exact) mass is 461 g/mol. The Kier molecular flexibility index (Phi) is 7.16. The van der Waals surface area contributed by atoms with Crippen LogP contribution in [0.4, 0.5) is 11.4 Å². The van der Waals surface area contributed by atoms with E-state index < -0.39 is 10.8 Å². The van der Waals surface area contributed by atoms with E-state index in [9.17, 15) is 20.2 Å². The van der Waals surface area contributed by atoms with Gasteiger partial charge in [0.15, 0.2) is 11.5 Å². The Bertz CT molecular complexity index is 1030. The third-order valence-electron chi connectivity index (χ3n) is 3.78. The van der Waals surface area contributed by atoms with Gasteiger partial charge in [-0.05, 0) is 51.8 Å². The smallest absolute Gasteiger partial charge is 0.296 e. The van der Waals surface area contributed by atoms with Crippen LogP contribution in [0.5, 0.6) is 17.2 Å². The number of benzene rings is 2. The lowest BCUT2D eigenvalue weighted by atomic mass is 10.1. The van der Waals surface area contributed by atoms with Crippen molar-refractivity contribution in [2.75, 3.05) is 26.6 Å². The van der Waals surface area contributed by atoms with Crippen LogP contribution in [-0.4, -0.2) is 32.2 Å². The number of nitriles is 1. The number of nitro groups is 1. The summed E-state index contributed by atoms with van der Waals surface area (Å²) in [6, 6.07) is 8.99. The number of carbonyl (C=O) groups excluding carboxylic acids is 1. The van der Waals surface area contributed by atoms with Gasteiger partial charge in [-0.3, -0.25) is 14.9 Å². The summed E-state index contributed by atoms with van der Waals surface area (Å²) in [5.74, 6) is 0.325. The summed E-state index contributed by atoms with van der Waals surface area (Å²) < 4.78 is 16.0. The Morgan fingerprint density at radius 3 is 2.48 bits per heavy atom. The summed E-state index contributed by atoms with van der Waals surface area (Å²) in [6.07, 6.45) is 1.33. The zero-order valence-corrected chi connectivity index (χ0v) is 17.3. The maximum absolute atomic E-state index is 12.5. The average molecular weight is 462 g/mol. The van der Waals surface area contributed by atoms with E-state index in [2.05, 4.69) is 21.2 Å². The predicted octanol–water partition coefficient (Wildman–Crippen LogP) is 3.93. The molecule has 0 aliphatic heterocycles. The molecule has 2 aromatic carbocycles. The molecular formula is C19H16BrN3O6. The average Bonchev–Trinajstić information content (AvgIpc) is 2.71. The van der Waals surface area contributed by atoms with E-state index in [4.69, 9.17) is 14.2 Å². The molecule has 10 heteroatoms. The lowest BCUT2D eigenvalue weighted by Gasteiger charge is -2.11. The highest BCUT2D eigenvalue weighted by Gasteiger charge is 2.19. The van der Waals surface area contributed by atoms with Gasteiger partial charge in [0.1, 0.15) is 23.1 Å². The number of halogens is 1. The molecule has 0 saturated carbocycles. The van der Waals surface area contributed by atoms with E-state index in [1.807, 2.05) is 0 Å². The van der Waals surface area contributed by atoms with Gasteiger partial charge in [-0.2, -0.15) is 5.26 Å². The molecule has 9 nitrogen and oxygen atoms in total. The molecule has 2 aromatic rings. The van der Waals surface area contributed by atoms with Crippen LogP contribution in [0.15, 0.2) is 40.4 Å². The Labute approximate surface area is 174 Å². The van der Waals surface area contributed by atoms with Gasteiger partial charge in [-0.1, -0.05) is 0 Å². The molecule has 29 heavy (non-hydrogen) atoms. The van der Waals surface area contributed by atoms with E-state index in [1.54, 1.807) is 18.2 Å². The van der Waals surface area contributed by atoms with E-state index in [1.165, 1.54) is 45.6 Å². The van der Waals surface area contributed by atoms with Gasteiger partial charge >= 0.3 is 0 Å². The van der Waals surface area contributed by atoms with Crippen LogP contribution in [0.3, 0.4) is 0 Å². The van der Waals surface area contributed by atoms with Crippen molar-refractivity contribution in [2.45, 2.75) is 0 Å². The van der Waals surface area contributed by atoms with Crippen LogP contribution in [0.1, 0.15) is 5.56 Å². The fourth-order valence-electron chi connectivity index (χ4n) is 2.42. The van der Waals surface area contributed by atoms with Crippen molar-refractivity contribution in [1.82, 2.24) is 0 Å². The Morgan fingerprint density at radius 1 is 1.21 bits per heavy atom. The van der Waals surface area contributed by atoms with Crippen molar-refractivity contribution in [3.05, 3.63) is 56.1 Å². The molecule has 0 radical (unpaired) electrons. The minimum atomic E-state index is -0.799. The van der Waals surface area contributed by atoms with Crippen LogP contribution >= 0.6 is 15.9 Å². The van der Waals surface area contributed by atoms with Crippen molar-refractivity contribution < 1.29 is 23.9 Å². The SMILES string of the molecule is COc1ccc(NC(=O)/C(C#N)=C/c2cc(Br)c(OC)c(OC)c2)c([N+](=O)[O-])c1. The molecule has 0 fully saturated rings. The topological polar surface area (TPSA) is 124 Å². The minimum Gasteiger partial charge on any atom is -0.496 e. The largest absolute Gasteiger partial charge is 0.496 e. The Hall–Kier alpha value is -3.58. The molecular weight excluding hydrogens is 446 g/mol. The first kappa shape index (κ1) is 21.7. The molecule has 0 spiro atoms. The number of nitro benzene ring substituents is 1. The number of rotatable bonds is 7. The van der Waals surface area contributed by atoms with E-state index in [-0.39, 0.29) is 22.7 Å². The first-order chi connectivity index (χ1) is 13.8. The molecule has 0 aromatic heterocycles. The Balaban J connectivity index is 2.39. The van der Waals surface area contributed by atoms with Gasteiger partial charge in [0, 0.05) is 0 Å². The highest BCUT2D eigenvalue weighted by atomic mass is 79.9. The van der Waals surface area contributed by atoms with Gasteiger partial charge in [0.05, 0.1) is 36.8 Å². The molecule has 1 amide bonds. The molecule has 0 aliphatic rings. The number of carbonyl (C=O) groups is 1. The summed E-state index contributed by atoms with van der Waals surface area (Å²) in [5, 5.41) is 23.0. The molecule has 0 aliphatic carbocycles. The number of hydrogen-bond donors (Lipinski definition) is 1.